The molecule has 0 aliphatic heterocycles. The van der Waals surface area contributed by atoms with Gasteiger partial charge in [0.2, 0.25) is 0 Å². The third kappa shape index (κ3) is 43.0. The molecule has 0 fully saturated rings. The summed E-state index contributed by atoms with van der Waals surface area (Å²) >= 11 is 7.71. The fraction of sp³-hybridized carbons (Fsp3) is 0.875. The average Bonchev–Trinajstić information content (AvgIpc) is 2.41. The number of rotatable bonds is 11. The van der Waals surface area contributed by atoms with E-state index in [4.69, 9.17) is 20.4 Å². The van der Waals surface area contributed by atoms with Crippen LogP contribution < -0.4 is 0 Å². The van der Waals surface area contributed by atoms with E-state index in [0.29, 0.717) is 13.2 Å². The number of unbranched alkanes of at least 4 members (excludes halogenated alkanes) is 5. The maximum absolute atomic E-state index is 9.76. The molecule has 0 aromatic heterocycles. The van der Waals surface area contributed by atoms with E-state index in [1.807, 2.05) is 0 Å². The van der Waals surface area contributed by atoms with Crippen molar-refractivity contribution in [2.45, 2.75) is 75.7 Å². The van der Waals surface area contributed by atoms with Crippen LogP contribution in [0.1, 0.15) is 65.2 Å². The fourth-order valence-electron chi connectivity index (χ4n) is 1.44. The van der Waals surface area contributed by atoms with Gasteiger partial charge in [-0.2, -0.15) is 25.3 Å². The molecule has 0 aromatic carbocycles. The number of carbonyl (C=O) groups is 2. The van der Waals surface area contributed by atoms with Gasteiger partial charge in [0.1, 0.15) is 0 Å². The highest BCUT2D eigenvalue weighted by Gasteiger charge is 1.99. The highest BCUT2D eigenvalue weighted by Crippen LogP contribution is 2.03. The van der Waals surface area contributed by atoms with Gasteiger partial charge in [0.25, 0.3) is 0 Å². The third-order valence-corrected chi connectivity index (χ3v) is 2.87. The normalized spacial score (nSPS) is 12.1. The number of aliphatic carboxylic acids is 2. The fourth-order valence-corrected chi connectivity index (χ4v) is 1.75. The summed E-state index contributed by atoms with van der Waals surface area (Å²) in [6.45, 7) is 4.13. The van der Waals surface area contributed by atoms with Gasteiger partial charge in [-0.05, 0) is 12.8 Å². The molecule has 6 nitrogen and oxygen atoms in total. The first-order valence-corrected chi connectivity index (χ1v) is 9.22. The quantitative estimate of drug-likeness (QED) is 0.240. The highest BCUT2D eigenvalue weighted by atomic mass is 32.1. The predicted molar refractivity (Wildman–Crippen MR) is 103 cm³/mol. The lowest BCUT2D eigenvalue weighted by atomic mass is 10.1. The van der Waals surface area contributed by atoms with Crippen LogP contribution in [0.25, 0.3) is 0 Å². The number of thiol groups is 2. The molecule has 146 valence electrons. The second-order valence-electron chi connectivity index (χ2n) is 5.46. The van der Waals surface area contributed by atoms with Crippen molar-refractivity contribution in [2.75, 3.05) is 13.2 Å². The number of carboxylic acids is 2. The minimum Gasteiger partial charge on any atom is -0.481 e. The molecule has 0 saturated heterocycles. The molecule has 0 rings (SSSR count). The number of hydrogen-bond acceptors (Lipinski definition) is 6. The van der Waals surface area contributed by atoms with Crippen molar-refractivity contribution in [1.82, 2.24) is 0 Å². The molecule has 0 amide bonds. The Morgan fingerprint density at radius 3 is 1.08 bits per heavy atom. The summed E-state index contributed by atoms with van der Waals surface area (Å²) in [7, 11) is 0. The van der Waals surface area contributed by atoms with Gasteiger partial charge in [-0.3, -0.25) is 9.59 Å². The van der Waals surface area contributed by atoms with Gasteiger partial charge in [0.15, 0.2) is 0 Å². The Kier molecular flexibility index (Phi) is 26.7. The molecule has 0 spiro atoms. The van der Waals surface area contributed by atoms with Crippen molar-refractivity contribution in [1.29, 1.82) is 0 Å². The van der Waals surface area contributed by atoms with Crippen LogP contribution in [-0.4, -0.2) is 56.1 Å². The third-order valence-electron chi connectivity index (χ3n) is 2.51. The first-order valence-electron chi connectivity index (χ1n) is 8.18. The molecule has 0 saturated carbocycles. The van der Waals surface area contributed by atoms with E-state index in [1.165, 1.54) is 12.8 Å². The Morgan fingerprint density at radius 2 is 0.958 bits per heavy atom. The summed E-state index contributed by atoms with van der Waals surface area (Å²) in [5.74, 6) is -1.58. The zero-order valence-electron chi connectivity index (χ0n) is 14.7. The summed E-state index contributed by atoms with van der Waals surface area (Å²) in [6.07, 6.45) is 6.79. The Hall–Kier alpha value is -0.440. The minimum absolute atomic E-state index is 0.0301. The first kappa shape index (κ1) is 28.4. The summed E-state index contributed by atoms with van der Waals surface area (Å²) < 4.78 is 0. The summed E-state index contributed by atoms with van der Waals surface area (Å²) in [4.78, 5) is 19.5. The molecular weight excluding hydrogens is 352 g/mol. The molecule has 4 N–H and O–H groups in total. The van der Waals surface area contributed by atoms with Crippen LogP contribution in [0, 0.1) is 0 Å². The number of aliphatic hydroxyl groups is 2. The smallest absolute Gasteiger partial charge is 0.304 e. The minimum atomic E-state index is -0.789. The molecular formula is C16H34O6S2. The average molecular weight is 387 g/mol. The first-order chi connectivity index (χ1) is 11.2. The van der Waals surface area contributed by atoms with E-state index in [-0.39, 0.29) is 23.3 Å². The van der Waals surface area contributed by atoms with Crippen LogP contribution in [-0.2, 0) is 9.59 Å². The second kappa shape index (κ2) is 22.6. The molecule has 0 radical (unpaired) electrons. The lowest BCUT2D eigenvalue weighted by Crippen LogP contribution is -2.01. The second-order valence-corrected chi connectivity index (χ2v) is 7.23. The molecule has 24 heavy (non-hydrogen) atoms. The Labute approximate surface area is 156 Å². The zero-order chi connectivity index (χ0) is 19.4. The highest BCUT2D eigenvalue weighted by molar-refractivity contribution is 7.81. The Bertz CT molecular complexity index is 258. The van der Waals surface area contributed by atoms with Crippen molar-refractivity contribution in [3.05, 3.63) is 0 Å². The molecule has 0 bridgehead atoms. The van der Waals surface area contributed by atoms with Crippen molar-refractivity contribution in [3.63, 3.8) is 0 Å². The van der Waals surface area contributed by atoms with E-state index >= 15 is 0 Å². The van der Waals surface area contributed by atoms with E-state index in [9.17, 15) is 9.59 Å². The topological polar surface area (TPSA) is 115 Å². The van der Waals surface area contributed by atoms with Crippen LogP contribution in [0.15, 0.2) is 0 Å². The molecule has 0 aliphatic rings. The van der Waals surface area contributed by atoms with Gasteiger partial charge < -0.3 is 20.4 Å². The van der Waals surface area contributed by atoms with Gasteiger partial charge in [-0.1, -0.05) is 39.5 Å². The van der Waals surface area contributed by atoms with E-state index in [2.05, 4.69) is 25.3 Å². The van der Waals surface area contributed by atoms with Crippen molar-refractivity contribution in [2.24, 2.45) is 0 Å². The Balaban J connectivity index is -0.000000283. The van der Waals surface area contributed by atoms with E-state index in [1.54, 1.807) is 13.8 Å². The van der Waals surface area contributed by atoms with E-state index in [0.717, 1.165) is 25.7 Å². The van der Waals surface area contributed by atoms with Crippen LogP contribution in [0.4, 0.5) is 0 Å². The summed E-state index contributed by atoms with van der Waals surface area (Å²) in [6, 6.07) is 0. The Morgan fingerprint density at radius 1 is 0.708 bits per heavy atom. The number of aliphatic hydroxyl groups excluding tert-OH is 2. The van der Waals surface area contributed by atoms with Gasteiger partial charge >= 0.3 is 11.9 Å². The summed E-state index contributed by atoms with van der Waals surface area (Å²) in [5.41, 5.74) is 0. The van der Waals surface area contributed by atoms with Crippen LogP contribution in [0.3, 0.4) is 0 Å². The largest absolute Gasteiger partial charge is 0.481 e. The molecule has 0 heterocycles. The molecule has 0 aromatic rings. The maximum atomic E-state index is 9.76. The lowest BCUT2D eigenvalue weighted by Gasteiger charge is -1.97. The lowest BCUT2D eigenvalue weighted by molar-refractivity contribution is -0.137. The number of carboxylic acid groups (broad SMARTS) is 2. The molecule has 0 aliphatic carbocycles. The SMILES string of the molecule is CC(S)CC(=O)O.CC(S)CC(=O)O.OCCCCCCCCO. The van der Waals surface area contributed by atoms with Gasteiger partial charge in [-0.15, -0.1) is 0 Å². The van der Waals surface area contributed by atoms with Crippen molar-refractivity contribution >= 4 is 37.2 Å². The maximum Gasteiger partial charge on any atom is 0.304 e. The van der Waals surface area contributed by atoms with Crippen LogP contribution >= 0.6 is 25.3 Å². The van der Waals surface area contributed by atoms with E-state index < -0.39 is 11.9 Å². The van der Waals surface area contributed by atoms with Gasteiger partial charge in [-0.25, -0.2) is 0 Å². The van der Waals surface area contributed by atoms with Gasteiger partial charge in [0, 0.05) is 23.7 Å². The summed E-state index contributed by atoms with van der Waals surface area (Å²) in [5, 5.41) is 32.9. The van der Waals surface area contributed by atoms with Crippen molar-refractivity contribution < 1.29 is 30.0 Å². The van der Waals surface area contributed by atoms with Crippen LogP contribution in [0.5, 0.6) is 0 Å². The van der Waals surface area contributed by atoms with Crippen LogP contribution in [0.2, 0.25) is 0 Å². The molecule has 8 heteroatoms. The molecule has 2 unspecified atom stereocenters. The number of hydrogen-bond donors (Lipinski definition) is 6. The standard InChI is InChI=1S/C8H18O2.2C4H8O2S/c9-7-5-3-1-2-4-6-8-10;2*1-3(7)2-4(5)6/h9-10H,1-8H2;2*3,7H,2H2,1H3,(H,5,6). The predicted octanol–water partition coefficient (Wildman–Crippen LogP) is 2.87. The van der Waals surface area contributed by atoms with Crippen molar-refractivity contribution in [3.8, 4) is 0 Å². The molecule has 2 atom stereocenters. The van der Waals surface area contributed by atoms with Gasteiger partial charge in [0.05, 0.1) is 12.8 Å². The zero-order valence-corrected chi connectivity index (χ0v) is 16.5. The monoisotopic (exact) mass is 386 g/mol.